The Balaban J connectivity index is 1.64. The fourth-order valence-electron chi connectivity index (χ4n) is 3.14. The topological polar surface area (TPSA) is 59.8 Å². The molecule has 1 heterocycles. The molecule has 1 N–H and O–H groups in total. The highest BCUT2D eigenvalue weighted by Gasteiger charge is 2.15. The molecule has 0 spiro atoms. The molecule has 0 aliphatic heterocycles. The van der Waals surface area contributed by atoms with Crippen LogP contribution in [0.3, 0.4) is 0 Å². The number of hydrogen-bond acceptors (Lipinski definition) is 4. The van der Waals surface area contributed by atoms with E-state index in [0.717, 1.165) is 58.8 Å². The van der Waals surface area contributed by atoms with Crippen LogP contribution >= 0.6 is 23.4 Å². The number of nitrogens with one attached hydrogen (secondary N) is 1. The summed E-state index contributed by atoms with van der Waals surface area (Å²) in [4.78, 5) is 11.9. The monoisotopic (exact) mass is 456 g/mol. The normalized spacial score (nSPS) is 11.1. The lowest BCUT2D eigenvalue weighted by Gasteiger charge is -2.11. The second-order valence-corrected chi connectivity index (χ2v) is 9.27. The predicted octanol–water partition coefficient (Wildman–Crippen LogP) is 5.70. The third-order valence-corrected chi connectivity index (χ3v) is 5.97. The van der Waals surface area contributed by atoms with Crippen molar-refractivity contribution in [2.75, 3.05) is 6.54 Å². The molecule has 0 saturated heterocycles. The summed E-state index contributed by atoms with van der Waals surface area (Å²) in [6.45, 7) is 4.92. The maximum atomic E-state index is 11.9. The molecule has 31 heavy (non-hydrogen) atoms. The minimum absolute atomic E-state index is 0.121. The summed E-state index contributed by atoms with van der Waals surface area (Å²) in [5, 5.41) is 13.5. The van der Waals surface area contributed by atoms with E-state index in [4.69, 9.17) is 11.6 Å². The molecule has 0 fully saturated rings. The van der Waals surface area contributed by atoms with E-state index in [0.29, 0.717) is 12.3 Å². The van der Waals surface area contributed by atoms with Crippen LogP contribution in [0.25, 0.3) is 5.69 Å². The molecule has 3 rings (SSSR count). The zero-order chi connectivity index (χ0) is 22.1. The van der Waals surface area contributed by atoms with Crippen LogP contribution in [0.5, 0.6) is 0 Å². The molecule has 0 aliphatic rings. The van der Waals surface area contributed by atoms with Gasteiger partial charge >= 0.3 is 0 Å². The standard InChI is InChI=1S/C24H29ClN4OS/c1-18(2)16-26-23(30)14-7-6-13-22-27-28-24(29(22)21-11-4-3-5-12-21)31-17-19-9-8-10-20(25)15-19/h3-5,8-12,15,18H,6-7,13-14,16-17H2,1-2H3,(H,26,30). The summed E-state index contributed by atoms with van der Waals surface area (Å²) in [6.07, 6.45) is 3.04. The van der Waals surface area contributed by atoms with Gasteiger partial charge in [0.2, 0.25) is 5.91 Å². The zero-order valence-corrected chi connectivity index (χ0v) is 19.6. The van der Waals surface area contributed by atoms with Crippen LogP contribution in [-0.4, -0.2) is 27.2 Å². The van der Waals surface area contributed by atoms with Gasteiger partial charge in [0.15, 0.2) is 5.16 Å². The van der Waals surface area contributed by atoms with Crippen LogP contribution in [0.15, 0.2) is 59.8 Å². The first-order chi connectivity index (χ1) is 15.0. The number of hydrogen-bond donors (Lipinski definition) is 1. The van der Waals surface area contributed by atoms with E-state index in [1.165, 1.54) is 0 Å². The zero-order valence-electron chi connectivity index (χ0n) is 18.1. The lowest BCUT2D eigenvalue weighted by atomic mass is 10.1. The minimum atomic E-state index is 0.121. The molecule has 1 aromatic heterocycles. The Bertz CT molecular complexity index is 975. The predicted molar refractivity (Wildman–Crippen MR) is 128 cm³/mol. The van der Waals surface area contributed by atoms with Crippen molar-refractivity contribution in [2.45, 2.75) is 50.4 Å². The first-order valence-electron chi connectivity index (χ1n) is 10.7. The van der Waals surface area contributed by atoms with Crippen molar-refractivity contribution in [3.8, 4) is 5.69 Å². The Kier molecular flexibility index (Phi) is 8.98. The Morgan fingerprint density at radius 1 is 1.10 bits per heavy atom. The average Bonchev–Trinajstić information content (AvgIpc) is 3.17. The van der Waals surface area contributed by atoms with Gasteiger partial charge in [-0.2, -0.15) is 0 Å². The summed E-state index contributed by atoms with van der Waals surface area (Å²) in [5.41, 5.74) is 2.19. The van der Waals surface area contributed by atoms with Crippen LogP contribution in [0.1, 0.15) is 44.5 Å². The van der Waals surface area contributed by atoms with Gasteiger partial charge in [0.1, 0.15) is 5.82 Å². The smallest absolute Gasteiger partial charge is 0.220 e. The van der Waals surface area contributed by atoms with Crippen LogP contribution in [0.4, 0.5) is 0 Å². The number of halogens is 1. The van der Waals surface area contributed by atoms with E-state index in [9.17, 15) is 4.79 Å². The molecule has 7 heteroatoms. The van der Waals surface area contributed by atoms with E-state index < -0.39 is 0 Å². The highest BCUT2D eigenvalue weighted by Crippen LogP contribution is 2.26. The van der Waals surface area contributed by atoms with Crippen molar-refractivity contribution in [1.29, 1.82) is 0 Å². The second kappa shape index (κ2) is 11.9. The second-order valence-electron chi connectivity index (χ2n) is 7.89. The number of carbonyl (C=O) groups is 1. The van der Waals surface area contributed by atoms with E-state index in [1.54, 1.807) is 11.8 Å². The minimum Gasteiger partial charge on any atom is -0.356 e. The summed E-state index contributed by atoms with van der Waals surface area (Å²) in [6, 6.07) is 18.0. The number of para-hydroxylation sites is 1. The van der Waals surface area contributed by atoms with Crippen molar-refractivity contribution >= 4 is 29.3 Å². The highest BCUT2D eigenvalue weighted by atomic mass is 35.5. The van der Waals surface area contributed by atoms with E-state index >= 15 is 0 Å². The number of carbonyl (C=O) groups excluding carboxylic acids is 1. The summed E-state index contributed by atoms with van der Waals surface area (Å²) >= 11 is 7.76. The number of amides is 1. The Hall–Kier alpha value is -2.31. The number of aromatic nitrogens is 3. The average molecular weight is 457 g/mol. The van der Waals surface area contributed by atoms with Gasteiger partial charge in [0.05, 0.1) is 0 Å². The van der Waals surface area contributed by atoms with Gasteiger partial charge in [-0.3, -0.25) is 9.36 Å². The molecule has 0 aliphatic carbocycles. The molecule has 0 bridgehead atoms. The quantitative estimate of drug-likeness (QED) is 0.297. The van der Waals surface area contributed by atoms with Crippen molar-refractivity contribution in [2.24, 2.45) is 5.92 Å². The molecule has 5 nitrogen and oxygen atoms in total. The fraction of sp³-hybridized carbons (Fsp3) is 0.375. The van der Waals surface area contributed by atoms with Gasteiger partial charge in [-0.25, -0.2) is 0 Å². The molecular weight excluding hydrogens is 428 g/mol. The van der Waals surface area contributed by atoms with Crippen LogP contribution < -0.4 is 5.32 Å². The molecular formula is C24H29ClN4OS. The lowest BCUT2D eigenvalue weighted by molar-refractivity contribution is -0.121. The number of rotatable bonds is 11. The Labute approximate surface area is 193 Å². The van der Waals surface area contributed by atoms with Crippen molar-refractivity contribution < 1.29 is 4.79 Å². The third kappa shape index (κ3) is 7.40. The molecule has 164 valence electrons. The number of thioether (sulfide) groups is 1. The molecule has 2 aromatic carbocycles. The van der Waals surface area contributed by atoms with E-state index in [2.05, 4.69) is 52.1 Å². The van der Waals surface area contributed by atoms with Crippen LogP contribution in [0, 0.1) is 5.92 Å². The number of nitrogens with zero attached hydrogens (tertiary/aromatic N) is 3. The molecule has 0 saturated carbocycles. The van der Waals surface area contributed by atoms with Gasteiger partial charge < -0.3 is 5.32 Å². The van der Waals surface area contributed by atoms with Gasteiger partial charge in [-0.05, 0) is 48.6 Å². The van der Waals surface area contributed by atoms with E-state index in [1.807, 2.05) is 36.4 Å². The highest BCUT2D eigenvalue weighted by molar-refractivity contribution is 7.98. The number of aryl methyl sites for hydroxylation is 1. The van der Waals surface area contributed by atoms with Crippen molar-refractivity contribution in [3.63, 3.8) is 0 Å². The maximum absolute atomic E-state index is 11.9. The largest absolute Gasteiger partial charge is 0.356 e. The lowest BCUT2D eigenvalue weighted by Crippen LogP contribution is -2.26. The maximum Gasteiger partial charge on any atom is 0.220 e. The Morgan fingerprint density at radius 3 is 2.65 bits per heavy atom. The Morgan fingerprint density at radius 2 is 1.90 bits per heavy atom. The van der Waals surface area contributed by atoms with Crippen molar-refractivity contribution in [3.05, 3.63) is 71.0 Å². The van der Waals surface area contributed by atoms with E-state index in [-0.39, 0.29) is 5.91 Å². The van der Waals surface area contributed by atoms with Crippen LogP contribution in [-0.2, 0) is 17.0 Å². The van der Waals surface area contributed by atoms with Gasteiger partial charge in [0.25, 0.3) is 0 Å². The number of benzene rings is 2. The molecule has 3 aromatic rings. The molecule has 1 amide bonds. The van der Waals surface area contributed by atoms with Crippen molar-refractivity contribution in [1.82, 2.24) is 20.1 Å². The van der Waals surface area contributed by atoms with Gasteiger partial charge in [0, 0.05) is 35.8 Å². The fourth-order valence-corrected chi connectivity index (χ4v) is 4.27. The van der Waals surface area contributed by atoms with Gasteiger partial charge in [-0.15, -0.1) is 10.2 Å². The van der Waals surface area contributed by atoms with Gasteiger partial charge in [-0.1, -0.05) is 67.5 Å². The summed E-state index contributed by atoms with van der Waals surface area (Å²) in [7, 11) is 0. The molecule has 0 radical (unpaired) electrons. The first-order valence-corrected chi connectivity index (χ1v) is 12.0. The van der Waals surface area contributed by atoms with Crippen LogP contribution in [0.2, 0.25) is 5.02 Å². The number of unbranched alkanes of at least 4 members (excludes halogenated alkanes) is 1. The SMILES string of the molecule is CC(C)CNC(=O)CCCCc1nnc(SCc2cccc(Cl)c2)n1-c1ccccc1. The molecule has 0 unspecified atom stereocenters. The molecule has 0 atom stereocenters. The summed E-state index contributed by atoms with van der Waals surface area (Å²) in [5.74, 6) is 2.27. The first kappa shape index (κ1) is 23.4. The third-order valence-electron chi connectivity index (χ3n) is 4.73. The summed E-state index contributed by atoms with van der Waals surface area (Å²) < 4.78 is 2.12.